The van der Waals surface area contributed by atoms with E-state index in [1.807, 2.05) is 13.0 Å². The Morgan fingerprint density at radius 1 is 0.971 bits per heavy atom. The maximum atomic E-state index is 13.3. The first-order chi connectivity index (χ1) is 16.3. The number of aliphatic imine (C=N–C) groups is 1. The number of halogens is 1. The molecule has 3 aromatic rings. The first kappa shape index (κ1) is 22.1. The van der Waals surface area contributed by atoms with Crippen LogP contribution in [0.3, 0.4) is 0 Å². The van der Waals surface area contributed by atoms with Gasteiger partial charge in [-0.25, -0.2) is 4.68 Å². The third-order valence-corrected chi connectivity index (χ3v) is 9.42. The number of nitrogens with one attached hydrogen (secondary N) is 1. The lowest BCUT2D eigenvalue weighted by Crippen LogP contribution is -2.48. The minimum absolute atomic E-state index is 0.0660. The molecule has 7 rings (SSSR count). The molecule has 0 aliphatic heterocycles. The molecule has 4 bridgehead atoms. The Bertz CT molecular complexity index is 1310. The molecule has 0 spiro atoms. The van der Waals surface area contributed by atoms with E-state index in [2.05, 4.69) is 70.2 Å². The smallest absolute Gasteiger partial charge is 0.280 e. The average Bonchev–Trinajstić information content (AvgIpc) is 3.08. The lowest BCUT2D eigenvalue weighted by molar-refractivity contribution is -0.00518. The molecule has 0 radical (unpaired) electrons. The zero-order valence-electron chi connectivity index (χ0n) is 20.2. The molecule has 4 nitrogen and oxygen atoms in total. The summed E-state index contributed by atoms with van der Waals surface area (Å²) in [5, 5.41) is 3.26. The lowest BCUT2D eigenvalue weighted by Gasteiger charge is -2.57. The summed E-state index contributed by atoms with van der Waals surface area (Å²) in [5.41, 5.74) is 7.30. The Morgan fingerprint density at radius 3 is 2.18 bits per heavy atom. The van der Waals surface area contributed by atoms with E-state index in [0.717, 1.165) is 39.3 Å². The van der Waals surface area contributed by atoms with Gasteiger partial charge in [0, 0.05) is 16.4 Å². The van der Waals surface area contributed by atoms with Gasteiger partial charge in [0.2, 0.25) is 0 Å². The number of aryl methyl sites for hydroxylation is 3. The zero-order valence-corrected chi connectivity index (χ0v) is 21.8. The summed E-state index contributed by atoms with van der Waals surface area (Å²) in [6, 6.07) is 12.9. The van der Waals surface area contributed by atoms with Crippen molar-refractivity contribution < 1.29 is 0 Å². The molecule has 4 saturated carbocycles. The number of nitrogens with zero attached hydrogens (tertiary/aromatic N) is 2. The van der Waals surface area contributed by atoms with Gasteiger partial charge in [0.15, 0.2) is 0 Å². The SMILES string of the molecule is Cc1cc(Br)c(N=Cc2c(C)[nH]n(-c3ccc(C45CC6CC(CC(C6)C4)C5)cc3)c2=O)cc1C. The van der Waals surface area contributed by atoms with Crippen molar-refractivity contribution >= 4 is 27.8 Å². The molecular weight excluding hydrogens is 486 g/mol. The quantitative estimate of drug-likeness (QED) is 0.369. The van der Waals surface area contributed by atoms with Gasteiger partial charge < -0.3 is 0 Å². The monoisotopic (exact) mass is 517 g/mol. The van der Waals surface area contributed by atoms with Gasteiger partial charge in [-0.3, -0.25) is 14.9 Å². The summed E-state index contributed by atoms with van der Waals surface area (Å²) in [6.45, 7) is 6.08. The topological polar surface area (TPSA) is 50.1 Å². The van der Waals surface area contributed by atoms with Crippen LogP contribution < -0.4 is 5.56 Å². The molecule has 34 heavy (non-hydrogen) atoms. The third kappa shape index (κ3) is 3.64. The standard InChI is InChI=1S/C29H32BrN3O/c1-17-8-26(30)27(9-18(17)2)31-16-25-19(3)32-33(28(25)34)24-6-4-23(5-7-24)29-13-20-10-21(14-29)12-22(11-20)15-29/h4-9,16,20-22,32H,10-15H2,1-3H3. The van der Waals surface area contributed by atoms with Crippen molar-refractivity contribution in [3.8, 4) is 5.69 Å². The summed E-state index contributed by atoms with van der Waals surface area (Å²) >= 11 is 3.59. The van der Waals surface area contributed by atoms with Crippen molar-refractivity contribution in [2.45, 2.75) is 64.7 Å². The molecule has 4 aliphatic rings. The van der Waals surface area contributed by atoms with Crippen LogP contribution in [-0.4, -0.2) is 16.0 Å². The lowest BCUT2D eigenvalue weighted by atomic mass is 9.48. The maximum absolute atomic E-state index is 13.3. The van der Waals surface area contributed by atoms with Crippen molar-refractivity contribution in [3.05, 3.63) is 79.2 Å². The van der Waals surface area contributed by atoms with Crippen molar-refractivity contribution in [1.82, 2.24) is 9.78 Å². The van der Waals surface area contributed by atoms with E-state index in [1.54, 1.807) is 10.9 Å². The van der Waals surface area contributed by atoms with E-state index < -0.39 is 0 Å². The highest BCUT2D eigenvalue weighted by Crippen LogP contribution is 2.60. The second-order valence-electron chi connectivity index (χ2n) is 11.2. The Kier molecular flexibility index (Phi) is 5.25. The van der Waals surface area contributed by atoms with Gasteiger partial charge >= 0.3 is 0 Å². The van der Waals surface area contributed by atoms with Crippen LogP contribution in [0.2, 0.25) is 0 Å². The van der Waals surface area contributed by atoms with Gasteiger partial charge in [0.25, 0.3) is 5.56 Å². The van der Waals surface area contributed by atoms with Crippen molar-refractivity contribution in [2.24, 2.45) is 22.7 Å². The minimum atomic E-state index is -0.0660. The van der Waals surface area contributed by atoms with E-state index in [4.69, 9.17) is 0 Å². The Hall–Kier alpha value is -2.40. The predicted octanol–water partition coefficient (Wildman–Crippen LogP) is 7.07. The summed E-state index contributed by atoms with van der Waals surface area (Å²) in [6.07, 6.45) is 10.1. The van der Waals surface area contributed by atoms with Gasteiger partial charge in [-0.2, -0.15) is 0 Å². The third-order valence-electron chi connectivity index (χ3n) is 8.79. The second kappa shape index (κ2) is 8.08. The average molecular weight is 518 g/mol. The summed E-state index contributed by atoms with van der Waals surface area (Å²) in [4.78, 5) is 17.9. The highest BCUT2D eigenvalue weighted by Gasteiger charge is 2.51. The summed E-state index contributed by atoms with van der Waals surface area (Å²) < 4.78 is 2.58. The van der Waals surface area contributed by atoms with Crippen molar-refractivity contribution in [2.75, 3.05) is 0 Å². The first-order valence-corrected chi connectivity index (χ1v) is 13.3. The number of benzene rings is 2. The van der Waals surface area contributed by atoms with Crippen LogP contribution in [0.4, 0.5) is 5.69 Å². The van der Waals surface area contributed by atoms with E-state index in [0.29, 0.717) is 11.0 Å². The zero-order chi connectivity index (χ0) is 23.6. The number of rotatable bonds is 4. The first-order valence-electron chi connectivity index (χ1n) is 12.5. The van der Waals surface area contributed by atoms with Gasteiger partial charge in [-0.15, -0.1) is 0 Å². The molecule has 4 aliphatic carbocycles. The van der Waals surface area contributed by atoms with Gasteiger partial charge in [-0.05, 0) is 139 Å². The molecule has 4 fully saturated rings. The van der Waals surface area contributed by atoms with Crippen LogP contribution in [-0.2, 0) is 5.41 Å². The van der Waals surface area contributed by atoms with Gasteiger partial charge in [0.05, 0.1) is 16.9 Å². The molecule has 0 saturated heterocycles. The number of aromatic nitrogens is 2. The molecule has 5 heteroatoms. The molecule has 1 N–H and O–H groups in total. The molecule has 176 valence electrons. The Morgan fingerprint density at radius 2 is 1.56 bits per heavy atom. The Balaban J connectivity index is 1.28. The predicted molar refractivity (Wildman–Crippen MR) is 142 cm³/mol. The molecule has 1 aromatic heterocycles. The number of hydrogen-bond acceptors (Lipinski definition) is 2. The van der Waals surface area contributed by atoms with Crippen LogP contribution in [0.5, 0.6) is 0 Å². The van der Waals surface area contributed by atoms with E-state index in [1.165, 1.54) is 55.2 Å². The largest absolute Gasteiger partial charge is 0.295 e. The van der Waals surface area contributed by atoms with E-state index in [-0.39, 0.29) is 5.56 Å². The highest BCUT2D eigenvalue weighted by atomic mass is 79.9. The van der Waals surface area contributed by atoms with Crippen LogP contribution in [0.1, 0.15) is 66.5 Å². The van der Waals surface area contributed by atoms with E-state index in [9.17, 15) is 4.79 Å². The van der Waals surface area contributed by atoms with E-state index >= 15 is 0 Å². The molecule has 0 amide bonds. The second-order valence-corrected chi connectivity index (χ2v) is 12.0. The normalized spacial score (nSPS) is 27.7. The molecule has 0 atom stereocenters. The van der Waals surface area contributed by atoms with Crippen LogP contribution in [0, 0.1) is 38.5 Å². The fourth-order valence-corrected chi connectivity index (χ4v) is 7.88. The molecule has 2 aromatic carbocycles. The van der Waals surface area contributed by atoms with Crippen LogP contribution in [0.25, 0.3) is 5.69 Å². The summed E-state index contributed by atoms with van der Waals surface area (Å²) in [5.74, 6) is 2.79. The fourth-order valence-electron chi connectivity index (χ4n) is 7.32. The fraction of sp³-hybridized carbons (Fsp3) is 0.448. The molecule has 0 unspecified atom stereocenters. The minimum Gasteiger partial charge on any atom is -0.295 e. The molecular formula is C29H32BrN3O. The van der Waals surface area contributed by atoms with Gasteiger partial charge in [0.1, 0.15) is 0 Å². The number of aromatic amines is 1. The van der Waals surface area contributed by atoms with Crippen LogP contribution >= 0.6 is 15.9 Å². The maximum Gasteiger partial charge on any atom is 0.280 e. The van der Waals surface area contributed by atoms with Crippen molar-refractivity contribution in [3.63, 3.8) is 0 Å². The highest BCUT2D eigenvalue weighted by molar-refractivity contribution is 9.10. The van der Waals surface area contributed by atoms with Gasteiger partial charge in [-0.1, -0.05) is 12.1 Å². The van der Waals surface area contributed by atoms with Crippen LogP contribution in [0.15, 0.2) is 50.7 Å². The molecule has 1 heterocycles. The number of hydrogen-bond donors (Lipinski definition) is 1. The Labute approximate surface area is 209 Å². The van der Waals surface area contributed by atoms with Crippen molar-refractivity contribution in [1.29, 1.82) is 0 Å². The number of H-pyrrole nitrogens is 1. The summed E-state index contributed by atoms with van der Waals surface area (Å²) in [7, 11) is 0.